The first-order valence-electron chi connectivity index (χ1n) is 4.44. The Balaban J connectivity index is 2.38. The maximum atomic E-state index is 11.1. The average Bonchev–Trinajstić information content (AvgIpc) is 2.26. The predicted molar refractivity (Wildman–Crippen MR) is 52.4 cm³/mol. The fraction of sp³-hybridized carbons (Fsp3) is 0.444. The first-order chi connectivity index (χ1) is 6.74. The number of hydrogen-bond donors (Lipinski definition) is 2. The van der Waals surface area contributed by atoms with E-state index in [0.717, 1.165) is 5.69 Å². The summed E-state index contributed by atoms with van der Waals surface area (Å²) in [6.07, 6.45) is 3.16. The molecule has 0 radical (unpaired) electrons. The van der Waals surface area contributed by atoms with Gasteiger partial charge in [0.05, 0.1) is 11.7 Å². The standard InChI is InChI=1S/C9H14N4O/c1-7(9(14)10-2)12-5-8-3-4-11-6-13-8/h3-4,6-7,12H,5H2,1-2H3,(H,10,14). The molecule has 1 amide bonds. The van der Waals surface area contributed by atoms with Gasteiger partial charge in [-0.3, -0.25) is 4.79 Å². The smallest absolute Gasteiger partial charge is 0.236 e. The van der Waals surface area contributed by atoms with Crippen LogP contribution in [0.15, 0.2) is 18.6 Å². The zero-order valence-electron chi connectivity index (χ0n) is 8.32. The lowest BCUT2D eigenvalue weighted by Crippen LogP contribution is -2.40. The van der Waals surface area contributed by atoms with Crippen molar-refractivity contribution in [2.45, 2.75) is 19.5 Å². The lowest BCUT2D eigenvalue weighted by atomic mass is 10.3. The van der Waals surface area contributed by atoms with E-state index in [1.807, 2.05) is 6.07 Å². The number of carbonyl (C=O) groups excluding carboxylic acids is 1. The van der Waals surface area contributed by atoms with Gasteiger partial charge >= 0.3 is 0 Å². The van der Waals surface area contributed by atoms with Crippen molar-refractivity contribution in [3.8, 4) is 0 Å². The molecule has 0 saturated carbocycles. The van der Waals surface area contributed by atoms with E-state index in [1.54, 1.807) is 20.2 Å². The molecule has 0 aliphatic heterocycles. The van der Waals surface area contributed by atoms with E-state index in [-0.39, 0.29) is 11.9 Å². The zero-order valence-corrected chi connectivity index (χ0v) is 8.32. The molecule has 0 fully saturated rings. The van der Waals surface area contributed by atoms with E-state index in [1.165, 1.54) is 6.33 Å². The first kappa shape index (κ1) is 10.6. The number of nitrogens with zero attached hydrogens (tertiary/aromatic N) is 2. The largest absolute Gasteiger partial charge is 0.358 e. The van der Waals surface area contributed by atoms with Crippen molar-refractivity contribution in [1.82, 2.24) is 20.6 Å². The molecular formula is C9H14N4O. The summed E-state index contributed by atoms with van der Waals surface area (Å²) in [4.78, 5) is 19.0. The van der Waals surface area contributed by atoms with Crippen molar-refractivity contribution in [1.29, 1.82) is 0 Å². The first-order valence-corrected chi connectivity index (χ1v) is 4.44. The van der Waals surface area contributed by atoms with Crippen LogP contribution in [-0.4, -0.2) is 29.0 Å². The molecule has 5 nitrogen and oxygen atoms in total. The Kier molecular flexibility index (Phi) is 4.00. The van der Waals surface area contributed by atoms with E-state index in [4.69, 9.17) is 0 Å². The Labute approximate surface area is 83.0 Å². The molecule has 2 N–H and O–H groups in total. The van der Waals surface area contributed by atoms with Gasteiger partial charge in [0.15, 0.2) is 0 Å². The summed E-state index contributed by atoms with van der Waals surface area (Å²) >= 11 is 0. The van der Waals surface area contributed by atoms with E-state index < -0.39 is 0 Å². The molecule has 1 atom stereocenters. The molecule has 0 spiro atoms. The Morgan fingerprint density at radius 3 is 3.00 bits per heavy atom. The molecular weight excluding hydrogens is 180 g/mol. The van der Waals surface area contributed by atoms with Gasteiger partial charge in [0, 0.05) is 19.8 Å². The van der Waals surface area contributed by atoms with Gasteiger partial charge in [-0.1, -0.05) is 0 Å². The highest BCUT2D eigenvalue weighted by Gasteiger charge is 2.09. The van der Waals surface area contributed by atoms with Gasteiger partial charge in [-0.15, -0.1) is 0 Å². The molecule has 0 saturated heterocycles. The summed E-state index contributed by atoms with van der Waals surface area (Å²) in [6, 6.07) is 1.60. The number of likely N-dealkylation sites (N-methyl/N-ethyl adjacent to an activating group) is 1. The Morgan fingerprint density at radius 1 is 1.64 bits per heavy atom. The van der Waals surface area contributed by atoms with Gasteiger partial charge in [0.25, 0.3) is 0 Å². The number of rotatable bonds is 4. The van der Waals surface area contributed by atoms with E-state index in [9.17, 15) is 4.79 Å². The summed E-state index contributed by atoms with van der Waals surface area (Å²) in [6.45, 7) is 2.37. The second-order valence-corrected chi connectivity index (χ2v) is 2.92. The van der Waals surface area contributed by atoms with Crippen LogP contribution in [0.5, 0.6) is 0 Å². The number of hydrogen-bond acceptors (Lipinski definition) is 4. The third kappa shape index (κ3) is 3.10. The normalized spacial score (nSPS) is 12.1. The number of carbonyl (C=O) groups is 1. The molecule has 1 rings (SSSR count). The SMILES string of the molecule is CNC(=O)C(C)NCc1ccncn1. The van der Waals surface area contributed by atoms with E-state index in [2.05, 4.69) is 20.6 Å². The van der Waals surface area contributed by atoms with Crippen molar-refractivity contribution < 1.29 is 4.79 Å². The third-order valence-electron chi connectivity index (χ3n) is 1.87. The van der Waals surface area contributed by atoms with Crippen LogP contribution in [0.25, 0.3) is 0 Å². The number of amides is 1. The summed E-state index contributed by atoms with van der Waals surface area (Å²) in [5, 5.41) is 5.61. The maximum Gasteiger partial charge on any atom is 0.236 e. The molecule has 0 aliphatic carbocycles. The minimum Gasteiger partial charge on any atom is -0.358 e. The van der Waals surface area contributed by atoms with Crippen LogP contribution in [0, 0.1) is 0 Å². The van der Waals surface area contributed by atoms with Crippen LogP contribution in [-0.2, 0) is 11.3 Å². The Hall–Kier alpha value is -1.49. The minimum atomic E-state index is -0.213. The maximum absolute atomic E-state index is 11.1. The van der Waals surface area contributed by atoms with Gasteiger partial charge in [-0.25, -0.2) is 9.97 Å². The van der Waals surface area contributed by atoms with Crippen LogP contribution < -0.4 is 10.6 Å². The highest BCUT2D eigenvalue weighted by atomic mass is 16.2. The summed E-state index contributed by atoms with van der Waals surface area (Å²) in [5.41, 5.74) is 0.871. The summed E-state index contributed by atoms with van der Waals surface area (Å²) < 4.78 is 0. The van der Waals surface area contributed by atoms with Gasteiger partial charge in [-0.05, 0) is 13.0 Å². The predicted octanol–water partition coefficient (Wildman–Crippen LogP) is -0.299. The van der Waals surface area contributed by atoms with Gasteiger partial charge < -0.3 is 10.6 Å². The topological polar surface area (TPSA) is 66.9 Å². The van der Waals surface area contributed by atoms with E-state index in [0.29, 0.717) is 6.54 Å². The van der Waals surface area contributed by atoms with Crippen molar-refractivity contribution in [2.75, 3.05) is 7.05 Å². The number of nitrogens with one attached hydrogen (secondary N) is 2. The van der Waals surface area contributed by atoms with Crippen molar-refractivity contribution in [3.05, 3.63) is 24.3 Å². The monoisotopic (exact) mass is 194 g/mol. The molecule has 1 heterocycles. The zero-order chi connectivity index (χ0) is 10.4. The van der Waals surface area contributed by atoms with Crippen molar-refractivity contribution in [3.63, 3.8) is 0 Å². The lowest BCUT2D eigenvalue weighted by molar-refractivity contribution is -0.122. The summed E-state index contributed by atoms with van der Waals surface area (Å²) in [7, 11) is 1.62. The molecule has 0 aromatic carbocycles. The van der Waals surface area contributed by atoms with Gasteiger partial charge in [0.2, 0.25) is 5.91 Å². The fourth-order valence-corrected chi connectivity index (χ4v) is 0.990. The van der Waals surface area contributed by atoms with Crippen LogP contribution >= 0.6 is 0 Å². The average molecular weight is 194 g/mol. The third-order valence-corrected chi connectivity index (χ3v) is 1.87. The van der Waals surface area contributed by atoms with Gasteiger partial charge in [0.1, 0.15) is 6.33 Å². The second-order valence-electron chi connectivity index (χ2n) is 2.92. The Morgan fingerprint density at radius 2 is 2.43 bits per heavy atom. The van der Waals surface area contributed by atoms with Gasteiger partial charge in [-0.2, -0.15) is 0 Å². The quantitative estimate of drug-likeness (QED) is 0.690. The Bertz CT molecular complexity index is 288. The molecule has 1 unspecified atom stereocenters. The lowest BCUT2D eigenvalue weighted by Gasteiger charge is -2.11. The van der Waals surface area contributed by atoms with Crippen molar-refractivity contribution >= 4 is 5.91 Å². The number of aromatic nitrogens is 2. The van der Waals surface area contributed by atoms with Crippen LogP contribution in [0.2, 0.25) is 0 Å². The van der Waals surface area contributed by atoms with Crippen LogP contribution in [0.1, 0.15) is 12.6 Å². The molecule has 0 bridgehead atoms. The molecule has 1 aromatic rings. The fourth-order valence-electron chi connectivity index (χ4n) is 0.990. The van der Waals surface area contributed by atoms with Crippen LogP contribution in [0.3, 0.4) is 0 Å². The molecule has 1 aromatic heterocycles. The minimum absolute atomic E-state index is 0.0287. The molecule has 5 heteroatoms. The molecule has 14 heavy (non-hydrogen) atoms. The highest BCUT2D eigenvalue weighted by molar-refractivity contribution is 5.80. The highest BCUT2D eigenvalue weighted by Crippen LogP contribution is 1.91. The molecule has 76 valence electrons. The van der Waals surface area contributed by atoms with Crippen molar-refractivity contribution in [2.24, 2.45) is 0 Å². The van der Waals surface area contributed by atoms with E-state index >= 15 is 0 Å². The second kappa shape index (κ2) is 5.29. The summed E-state index contributed by atoms with van der Waals surface area (Å²) in [5.74, 6) is -0.0287. The van der Waals surface area contributed by atoms with Crippen LogP contribution in [0.4, 0.5) is 0 Å². The molecule has 0 aliphatic rings.